The summed E-state index contributed by atoms with van der Waals surface area (Å²) in [6, 6.07) is 21.1. The van der Waals surface area contributed by atoms with E-state index in [0.717, 1.165) is 15.6 Å². The highest BCUT2D eigenvalue weighted by molar-refractivity contribution is 9.10. The lowest BCUT2D eigenvalue weighted by Crippen LogP contribution is -2.45. The Kier molecular flexibility index (Phi) is 8.98. The lowest BCUT2D eigenvalue weighted by atomic mass is 10.1. The van der Waals surface area contributed by atoms with Gasteiger partial charge in [-0.15, -0.1) is 0 Å². The first-order chi connectivity index (χ1) is 16.3. The number of esters is 1. The summed E-state index contributed by atoms with van der Waals surface area (Å²) in [6.45, 7) is 2.05. The molecule has 0 fully saturated rings. The van der Waals surface area contributed by atoms with Gasteiger partial charge in [-0.2, -0.15) is 4.72 Å². The number of halogens is 1. The molecular weight excluding hydrogens is 520 g/mol. The van der Waals surface area contributed by atoms with Crippen molar-refractivity contribution in [2.24, 2.45) is 0 Å². The minimum atomic E-state index is -3.94. The lowest BCUT2D eigenvalue weighted by molar-refractivity contribution is -0.142. The molecular formula is C25H25BrN2O5S. The average Bonchev–Trinajstić information content (AvgIpc) is 2.81. The first-order valence-electron chi connectivity index (χ1n) is 10.6. The van der Waals surface area contributed by atoms with Gasteiger partial charge in [0.25, 0.3) is 0 Å². The number of carbonyl (C=O) groups is 2. The zero-order valence-corrected chi connectivity index (χ0v) is 20.9. The van der Waals surface area contributed by atoms with E-state index in [1.807, 2.05) is 30.3 Å². The van der Waals surface area contributed by atoms with Crippen LogP contribution in [0.2, 0.25) is 0 Å². The fourth-order valence-electron chi connectivity index (χ4n) is 3.22. The number of ether oxygens (including phenoxy) is 1. The summed E-state index contributed by atoms with van der Waals surface area (Å²) in [5.41, 5.74) is 2.04. The standard InChI is InChI=1S/C25H25BrN2O5S/c1-2-33-24(29)17-19-8-12-21(13-9-19)27-25(30)23(16-18-6-4-3-5-7-18)28-34(31,32)22-14-10-20(26)11-15-22/h3-15,23,28H,2,16-17H2,1H3,(H,27,30)/t23-/m1/s1. The second-order valence-electron chi connectivity index (χ2n) is 7.49. The Bertz CT molecular complexity index is 1210. The maximum absolute atomic E-state index is 13.1. The van der Waals surface area contributed by atoms with E-state index in [1.165, 1.54) is 12.1 Å². The topological polar surface area (TPSA) is 102 Å². The van der Waals surface area contributed by atoms with Gasteiger partial charge in [0.1, 0.15) is 6.04 Å². The number of rotatable bonds is 10. The summed E-state index contributed by atoms with van der Waals surface area (Å²) < 4.78 is 34.1. The van der Waals surface area contributed by atoms with Gasteiger partial charge in [-0.05, 0) is 60.9 Å². The van der Waals surface area contributed by atoms with Gasteiger partial charge in [0.2, 0.25) is 15.9 Å². The van der Waals surface area contributed by atoms with Crippen molar-refractivity contribution < 1.29 is 22.7 Å². The molecule has 7 nitrogen and oxygen atoms in total. The van der Waals surface area contributed by atoms with Crippen molar-refractivity contribution in [2.75, 3.05) is 11.9 Å². The van der Waals surface area contributed by atoms with Gasteiger partial charge in [0, 0.05) is 10.2 Å². The predicted octanol–water partition coefficient (Wildman–Crippen LogP) is 4.08. The number of hydrogen-bond acceptors (Lipinski definition) is 5. The Morgan fingerprint density at radius 1 is 0.912 bits per heavy atom. The minimum absolute atomic E-state index is 0.0601. The normalized spacial score (nSPS) is 12.1. The van der Waals surface area contributed by atoms with Crippen LogP contribution in [0.15, 0.2) is 88.2 Å². The van der Waals surface area contributed by atoms with Crippen molar-refractivity contribution in [1.82, 2.24) is 4.72 Å². The molecule has 0 unspecified atom stereocenters. The van der Waals surface area contributed by atoms with Crippen molar-refractivity contribution in [1.29, 1.82) is 0 Å². The monoisotopic (exact) mass is 544 g/mol. The third kappa shape index (κ3) is 7.51. The molecule has 9 heteroatoms. The van der Waals surface area contributed by atoms with E-state index < -0.39 is 22.0 Å². The van der Waals surface area contributed by atoms with Gasteiger partial charge in [0.15, 0.2) is 0 Å². The molecule has 0 radical (unpaired) electrons. The number of sulfonamides is 1. The van der Waals surface area contributed by atoms with E-state index in [9.17, 15) is 18.0 Å². The molecule has 0 aliphatic heterocycles. The van der Waals surface area contributed by atoms with Crippen LogP contribution in [0.25, 0.3) is 0 Å². The Hall–Kier alpha value is -3.01. The molecule has 3 aromatic carbocycles. The second-order valence-corrected chi connectivity index (χ2v) is 10.1. The van der Waals surface area contributed by atoms with Crippen LogP contribution >= 0.6 is 15.9 Å². The van der Waals surface area contributed by atoms with Crippen LogP contribution in [-0.2, 0) is 37.2 Å². The summed E-state index contributed by atoms with van der Waals surface area (Å²) in [5.74, 6) is -0.827. The molecule has 0 aliphatic rings. The van der Waals surface area contributed by atoms with Crippen molar-refractivity contribution in [2.45, 2.75) is 30.7 Å². The van der Waals surface area contributed by atoms with Crippen LogP contribution in [0.3, 0.4) is 0 Å². The summed E-state index contributed by atoms with van der Waals surface area (Å²) in [4.78, 5) is 24.8. The molecule has 0 heterocycles. The van der Waals surface area contributed by atoms with E-state index in [4.69, 9.17) is 4.74 Å². The van der Waals surface area contributed by atoms with Gasteiger partial charge in [-0.1, -0.05) is 58.4 Å². The molecule has 0 bridgehead atoms. The Morgan fingerprint density at radius 3 is 2.18 bits per heavy atom. The summed E-state index contributed by atoms with van der Waals surface area (Å²) in [6.07, 6.45) is 0.301. The third-order valence-corrected chi connectivity index (χ3v) is 6.91. The van der Waals surface area contributed by atoms with Gasteiger partial charge in [-0.25, -0.2) is 8.42 Å². The van der Waals surface area contributed by atoms with E-state index in [0.29, 0.717) is 12.3 Å². The molecule has 0 saturated heterocycles. The number of amides is 1. The van der Waals surface area contributed by atoms with Crippen molar-refractivity contribution >= 4 is 43.5 Å². The molecule has 0 aromatic heterocycles. The van der Waals surface area contributed by atoms with Gasteiger partial charge >= 0.3 is 5.97 Å². The highest BCUT2D eigenvalue weighted by atomic mass is 79.9. The average molecular weight is 545 g/mol. The zero-order valence-electron chi connectivity index (χ0n) is 18.5. The molecule has 1 atom stereocenters. The Morgan fingerprint density at radius 2 is 1.56 bits per heavy atom. The third-order valence-electron chi connectivity index (χ3n) is 4.90. The molecule has 2 N–H and O–H groups in total. The maximum atomic E-state index is 13.1. The van der Waals surface area contributed by atoms with E-state index >= 15 is 0 Å². The Labute approximate surface area is 207 Å². The second kappa shape index (κ2) is 11.9. The first-order valence-corrected chi connectivity index (χ1v) is 12.9. The molecule has 34 heavy (non-hydrogen) atoms. The SMILES string of the molecule is CCOC(=O)Cc1ccc(NC(=O)[C@@H](Cc2ccccc2)NS(=O)(=O)c2ccc(Br)cc2)cc1. The number of anilines is 1. The van der Waals surface area contributed by atoms with Crippen LogP contribution in [0.5, 0.6) is 0 Å². The molecule has 1 amide bonds. The fourth-order valence-corrected chi connectivity index (χ4v) is 4.68. The van der Waals surface area contributed by atoms with Crippen LogP contribution < -0.4 is 10.0 Å². The molecule has 178 valence electrons. The van der Waals surface area contributed by atoms with E-state index in [1.54, 1.807) is 43.3 Å². The highest BCUT2D eigenvalue weighted by Gasteiger charge is 2.26. The largest absolute Gasteiger partial charge is 0.466 e. The number of nitrogens with one attached hydrogen (secondary N) is 2. The van der Waals surface area contributed by atoms with Crippen molar-refractivity contribution in [3.8, 4) is 0 Å². The zero-order chi connectivity index (χ0) is 24.6. The number of benzene rings is 3. The first kappa shape index (κ1) is 25.6. The number of carbonyl (C=O) groups excluding carboxylic acids is 2. The molecule has 3 aromatic rings. The Balaban J connectivity index is 1.76. The maximum Gasteiger partial charge on any atom is 0.310 e. The van der Waals surface area contributed by atoms with E-state index in [2.05, 4.69) is 26.0 Å². The van der Waals surface area contributed by atoms with Crippen LogP contribution in [-0.4, -0.2) is 32.9 Å². The molecule has 3 rings (SSSR count). The lowest BCUT2D eigenvalue weighted by Gasteiger charge is -2.19. The van der Waals surface area contributed by atoms with Crippen molar-refractivity contribution in [3.05, 3.63) is 94.5 Å². The fraction of sp³-hybridized carbons (Fsp3) is 0.200. The highest BCUT2D eigenvalue weighted by Crippen LogP contribution is 2.17. The summed E-state index contributed by atoms with van der Waals surface area (Å²) in [7, 11) is -3.94. The molecule has 0 spiro atoms. The van der Waals surface area contributed by atoms with Gasteiger partial charge < -0.3 is 10.1 Å². The van der Waals surface area contributed by atoms with Crippen LogP contribution in [0.4, 0.5) is 5.69 Å². The molecule has 0 aliphatic carbocycles. The van der Waals surface area contributed by atoms with Crippen LogP contribution in [0, 0.1) is 0 Å². The van der Waals surface area contributed by atoms with Gasteiger partial charge in [-0.3, -0.25) is 9.59 Å². The smallest absolute Gasteiger partial charge is 0.310 e. The summed E-state index contributed by atoms with van der Waals surface area (Å²) in [5, 5.41) is 2.76. The van der Waals surface area contributed by atoms with Crippen molar-refractivity contribution in [3.63, 3.8) is 0 Å². The quantitative estimate of drug-likeness (QED) is 0.374. The predicted molar refractivity (Wildman–Crippen MR) is 134 cm³/mol. The van der Waals surface area contributed by atoms with Crippen LogP contribution in [0.1, 0.15) is 18.1 Å². The van der Waals surface area contributed by atoms with E-state index in [-0.39, 0.29) is 23.7 Å². The van der Waals surface area contributed by atoms with Gasteiger partial charge in [0.05, 0.1) is 17.9 Å². The number of hydrogen-bond donors (Lipinski definition) is 2. The minimum Gasteiger partial charge on any atom is -0.466 e. The molecule has 0 saturated carbocycles. The summed E-state index contributed by atoms with van der Waals surface area (Å²) >= 11 is 3.29.